The van der Waals surface area contributed by atoms with Gasteiger partial charge in [0.15, 0.2) is 5.69 Å². The molecule has 116 valence electrons. The maximum absolute atomic E-state index is 11.5. The first-order chi connectivity index (χ1) is 11.0. The van der Waals surface area contributed by atoms with Crippen molar-refractivity contribution >= 4 is 5.97 Å². The lowest BCUT2D eigenvalue weighted by atomic mass is 10.0. The van der Waals surface area contributed by atoms with Crippen LogP contribution in [0.4, 0.5) is 0 Å². The molecule has 5 nitrogen and oxygen atoms in total. The van der Waals surface area contributed by atoms with Crippen molar-refractivity contribution in [1.29, 1.82) is 0 Å². The van der Waals surface area contributed by atoms with E-state index in [9.17, 15) is 15.0 Å². The lowest BCUT2D eigenvalue weighted by molar-refractivity contribution is 0.0687. The number of hydrogen-bond acceptors (Lipinski definition) is 3. The molecule has 0 aliphatic heterocycles. The van der Waals surface area contributed by atoms with Crippen molar-refractivity contribution in [1.82, 2.24) is 9.78 Å². The average Bonchev–Trinajstić information content (AvgIpc) is 2.96. The number of nitrogens with zero attached hydrogens (tertiary/aromatic N) is 2. The highest BCUT2D eigenvalue weighted by molar-refractivity contribution is 5.88. The van der Waals surface area contributed by atoms with E-state index in [4.69, 9.17) is 0 Å². The van der Waals surface area contributed by atoms with Crippen LogP contribution in [0.2, 0.25) is 0 Å². The van der Waals surface area contributed by atoms with Crippen LogP contribution in [0.3, 0.4) is 0 Å². The molecule has 0 radical (unpaired) electrons. The van der Waals surface area contributed by atoms with Crippen LogP contribution in [-0.2, 0) is 0 Å². The highest BCUT2D eigenvalue weighted by Gasteiger charge is 2.17. The van der Waals surface area contributed by atoms with E-state index in [1.807, 2.05) is 32.0 Å². The summed E-state index contributed by atoms with van der Waals surface area (Å²) in [6.45, 7) is 4.03. The Labute approximate surface area is 133 Å². The topological polar surface area (TPSA) is 75.3 Å². The summed E-state index contributed by atoms with van der Waals surface area (Å²) < 4.78 is 1.37. The zero-order valence-corrected chi connectivity index (χ0v) is 12.8. The molecule has 0 unspecified atom stereocenters. The molecule has 0 aliphatic rings. The van der Waals surface area contributed by atoms with Crippen molar-refractivity contribution in [2.45, 2.75) is 13.8 Å². The largest absolute Gasteiger partial charge is 0.508 e. The molecule has 0 saturated carbocycles. The molecule has 0 bridgehead atoms. The van der Waals surface area contributed by atoms with Crippen LogP contribution in [0.5, 0.6) is 5.75 Å². The molecule has 0 aliphatic carbocycles. The number of aromatic hydroxyl groups is 1. The number of rotatable bonds is 3. The Morgan fingerprint density at radius 2 is 1.70 bits per heavy atom. The molecule has 3 rings (SSSR count). The second kappa shape index (κ2) is 5.61. The SMILES string of the molecule is Cc1ccc(-c2cc(C(=O)O)n(-c3ccc(O)cc3)n2)cc1C. The third kappa shape index (κ3) is 2.81. The number of aryl methyl sites for hydroxylation is 2. The second-order valence-electron chi connectivity index (χ2n) is 5.45. The maximum atomic E-state index is 11.5. The molecule has 1 heterocycles. The third-order valence-corrected chi connectivity index (χ3v) is 3.83. The minimum absolute atomic E-state index is 0.0731. The van der Waals surface area contributed by atoms with E-state index in [-0.39, 0.29) is 11.4 Å². The molecule has 5 heteroatoms. The van der Waals surface area contributed by atoms with E-state index in [1.165, 1.54) is 22.4 Å². The summed E-state index contributed by atoms with van der Waals surface area (Å²) in [6.07, 6.45) is 0. The van der Waals surface area contributed by atoms with E-state index < -0.39 is 5.97 Å². The number of phenolic OH excluding ortho intramolecular Hbond substituents is 1. The Balaban J connectivity index is 2.13. The Morgan fingerprint density at radius 3 is 2.30 bits per heavy atom. The fraction of sp³-hybridized carbons (Fsp3) is 0.111. The highest BCUT2D eigenvalue weighted by atomic mass is 16.4. The standard InChI is InChI=1S/C18H16N2O3/c1-11-3-4-13(9-12(11)2)16-10-17(18(22)23)20(19-16)14-5-7-15(21)8-6-14/h3-10,21H,1-2H3,(H,22,23). The number of carboxylic acids is 1. The Hall–Kier alpha value is -3.08. The van der Waals surface area contributed by atoms with Crippen molar-refractivity contribution in [2.75, 3.05) is 0 Å². The number of carboxylic acid groups (broad SMARTS) is 1. The van der Waals surface area contributed by atoms with Gasteiger partial charge in [-0.05, 0) is 61.4 Å². The molecule has 3 aromatic rings. The second-order valence-corrected chi connectivity index (χ2v) is 5.45. The number of aromatic nitrogens is 2. The predicted molar refractivity (Wildman–Crippen MR) is 87.1 cm³/mol. The number of aromatic carboxylic acids is 1. The zero-order valence-electron chi connectivity index (χ0n) is 12.8. The normalized spacial score (nSPS) is 10.7. The molecule has 0 atom stereocenters. The van der Waals surface area contributed by atoms with Gasteiger partial charge in [0.25, 0.3) is 0 Å². The quantitative estimate of drug-likeness (QED) is 0.775. The van der Waals surface area contributed by atoms with Gasteiger partial charge in [0.2, 0.25) is 0 Å². The van der Waals surface area contributed by atoms with Gasteiger partial charge in [-0.2, -0.15) is 5.10 Å². The van der Waals surface area contributed by atoms with Gasteiger partial charge in [-0.1, -0.05) is 12.1 Å². The van der Waals surface area contributed by atoms with Gasteiger partial charge in [-0.25, -0.2) is 9.48 Å². The lowest BCUT2D eigenvalue weighted by Crippen LogP contribution is -2.07. The molecule has 2 N–H and O–H groups in total. The molecule has 2 aromatic carbocycles. The van der Waals surface area contributed by atoms with E-state index >= 15 is 0 Å². The lowest BCUT2D eigenvalue weighted by Gasteiger charge is -2.05. The summed E-state index contributed by atoms with van der Waals surface area (Å²) >= 11 is 0. The van der Waals surface area contributed by atoms with E-state index in [2.05, 4.69) is 5.10 Å². The van der Waals surface area contributed by atoms with Crippen LogP contribution in [0, 0.1) is 13.8 Å². The summed E-state index contributed by atoms with van der Waals surface area (Å²) in [5, 5.41) is 23.2. The third-order valence-electron chi connectivity index (χ3n) is 3.83. The van der Waals surface area contributed by atoms with Crippen molar-refractivity contribution in [3.8, 4) is 22.7 Å². The van der Waals surface area contributed by atoms with Gasteiger partial charge in [0.05, 0.1) is 11.4 Å². The molecular formula is C18H16N2O3. The van der Waals surface area contributed by atoms with Crippen molar-refractivity contribution in [3.63, 3.8) is 0 Å². The van der Waals surface area contributed by atoms with Gasteiger partial charge in [-0.15, -0.1) is 0 Å². The summed E-state index contributed by atoms with van der Waals surface area (Å²) in [5.41, 5.74) is 4.41. The van der Waals surface area contributed by atoms with Gasteiger partial charge in [0, 0.05) is 5.56 Å². The van der Waals surface area contributed by atoms with Gasteiger partial charge >= 0.3 is 5.97 Å². The van der Waals surface area contributed by atoms with Crippen molar-refractivity contribution in [2.24, 2.45) is 0 Å². The first kappa shape index (κ1) is 14.8. The number of hydrogen-bond donors (Lipinski definition) is 2. The van der Waals surface area contributed by atoms with Crippen LogP contribution in [0.25, 0.3) is 16.9 Å². The van der Waals surface area contributed by atoms with E-state index in [0.717, 1.165) is 11.1 Å². The molecular weight excluding hydrogens is 292 g/mol. The smallest absolute Gasteiger partial charge is 0.354 e. The molecule has 1 aromatic heterocycles. The van der Waals surface area contributed by atoms with E-state index in [1.54, 1.807) is 18.2 Å². The predicted octanol–water partition coefficient (Wildman–Crippen LogP) is 3.56. The number of carbonyl (C=O) groups is 1. The van der Waals surface area contributed by atoms with Gasteiger partial charge < -0.3 is 10.2 Å². The van der Waals surface area contributed by atoms with Crippen LogP contribution < -0.4 is 0 Å². The van der Waals surface area contributed by atoms with Crippen LogP contribution in [0.15, 0.2) is 48.5 Å². The molecule has 0 amide bonds. The minimum atomic E-state index is -1.05. The monoisotopic (exact) mass is 308 g/mol. The summed E-state index contributed by atoms with van der Waals surface area (Å²) in [5.74, 6) is -0.937. The van der Waals surface area contributed by atoms with Crippen molar-refractivity contribution < 1.29 is 15.0 Å². The van der Waals surface area contributed by atoms with Gasteiger partial charge in [0.1, 0.15) is 5.75 Å². The van der Waals surface area contributed by atoms with E-state index in [0.29, 0.717) is 11.4 Å². The van der Waals surface area contributed by atoms with Crippen molar-refractivity contribution in [3.05, 3.63) is 65.4 Å². The van der Waals surface area contributed by atoms with Crippen LogP contribution in [0.1, 0.15) is 21.6 Å². The number of phenols is 1. The highest BCUT2D eigenvalue weighted by Crippen LogP contribution is 2.24. The molecule has 0 spiro atoms. The average molecular weight is 308 g/mol. The first-order valence-electron chi connectivity index (χ1n) is 7.16. The molecule has 0 saturated heterocycles. The zero-order chi connectivity index (χ0) is 16.6. The Morgan fingerprint density at radius 1 is 1.00 bits per heavy atom. The van der Waals surface area contributed by atoms with Crippen LogP contribution in [-0.4, -0.2) is 26.0 Å². The fourth-order valence-corrected chi connectivity index (χ4v) is 2.37. The minimum Gasteiger partial charge on any atom is -0.508 e. The Kier molecular flexibility index (Phi) is 3.62. The summed E-state index contributed by atoms with van der Waals surface area (Å²) in [4.78, 5) is 11.5. The summed E-state index contributed by atoms with van der Waals surface area (Å²) in [6, 6.07) is 13.7. The number of benzene rings is 2. The Bertz CT molecular complexity index is 880. The van der Waals surface area contributed by atoms with Crippen LogP contribution >= 0.6 is 0 Å². The molecule has 23 heavy (non-hydrogen) atoms. The fourth-order valence-electron chi connectivity index (χ4n) is 2.37. The first-order valence-corrected chi connectivity index (χ1v) is 7.16. The molecule has 0 fully saturated rings. The summed E-state index contributed by atoms with van der Waals surface area (Å²) in [7, 11) is 0. The van der Waals surface area contributed by atoms with Gasteiger partial charge in [-0.3, -0.25) is 0 Å². The maximum Gasteiger partial charge on any atom is 0.354 e.